The summed E-state index contributed by atoms with van der Waals surface area (Å²) in [6.45, 7) is 14.9. The predicted octanol–water partition coefficient (Wildman–Crippen LogP) is 3.53. The fourth-order valence-corrected chi connectivity index (χ4v) is 6.64. The zero-order valence-electron chi connectivity index (χ0n) is 30.0. The van der Waals surface area contributed by atoms with Crippen molar-refractivity contribution in [2.75, 3.05) is 27.3 Å². The quantitative estimate of drug-likeness (QED) is 0.196. The minimum absolute atomic E-state index is 0.0965. The van der Waals surface area contributed by atoms with Crippen molar-refractivity contribution in [3.05, 3.63) is 77.4 Å². The predicted molar refractivity (Wildman–Crippen MR) is 189 cm³/mol. The highest BCUT2D eigenvalue weighted by atomic mass is 32.2. The molecule has 48 heavy (non-hydrogen) atoms. The van der Waals surface area contributed by atoms with Gasteiger partial charge in [0.1, 0.15) is 18.4 Å². The highest BCUT2D eigenvalue weighted by molar-refractivity contribution is 7.89. The monoisotopic (exact) mass is 686 g/mol. The zero-order chi connectivity index (χ0) is 36.4. The molecule has 12 heteroatoms. The van der Waals surface area contributed by atoms with Gasteiger partial charge in [0.15, 0.2) is 0 Å². The molecule has 0 aliphatic heterocycles. The number of sulfonamides is 1. The molecule has 0 fully saturated rings. The number of nitrogens with zero attached hydrogens (tertiary/aromatic N) is 1. The fraction of sp³-hybridized carbons (Fsp3) is 0.528. The summed E-state index contributed by atoms with van der Waals surface area (Å²) in [5.41, 5.74) is 0.184. The Labute approximate surface area is 286 Å². The Morgan fingerprint density at radius 2 is 1.54 bits per heavy atom. The van der Waals surface area contributed by atoms with Crippen molar-refractivity contribution in [2.45, 2.75) is 84.7 Å². The van der Waals surface area contributed by atoms with Gasteiger partial charge in [-0.15, -0.1) is 0 Å². The smallest absolute Gasteiger partial charge is 0.260 e. The number of hydrogen-bond acceptors (Lipinski definition) is 8. The van der Waals surface area contributed by atoms with Crippen molar-refractivity contribution in [1.29, 1.82) is 0 Å². The van der Waals surface area contributed by atoms with E-state index in [0.29, 0.717) is 11.3 Å². The van der Waals surface area contributed by atoms with Crippen LogP contribution in [0, 0.1) is 11.3 Å². The number of rotatable bonds is 16. The van der Waals surface area contributed by atoms with Crippen LogP contribution >= 0.6 is 0 Å². The first-order valence-corrected chi connectivity index (χ1v) is 17.8. The molecule has 0 radical (unpaired) electrons. The number of carbonyl (C=O) groups excluding carboxylic acids is 3. The Bertz CT molecular complexity index is 1520. The normalized spacial score (nSPS) is 14.5. The molecule has 2 rings (SSSR count). The van der Waals surface area contributed by atoms with E-state index in [1.807, 2.05) is 60.6 Å². The number of hydrogen-bond donors (Lipinski definition) is 4. The number of nitrogens with one attached hydrogen (secondary N) is 3. The van der Waals surface area contributed by atoms with Gasteiger partial charge in [-0.1, -0.05) is 97.0 Å². The summed E-state index contributed by atoms with van der Waals surface area (Å²) in [6.07, 6.45) is 1.59. The van der Waals surface area contributed by atoms with Crippen LogP contribution in [0.25, 0.3) is 0 Å². The first kappa shape index (κ1) is 40.4. The highest BCUT2D eigenvalue weighted by Gasteiger charge is 2.41. The van der Waals surface area contributed by atoms with Crippen LogP contribution in [0.2, 0.25) is 0 Å². The van der Waals surface area contributed by atoms with Gasteiger partial charge >= 0.3 is 0 Å². The molecule has 0 aliphatic carbocycles. The van der Waals surface area contributed by atoms with Crippen LogP contribution < -0.4 is 20.1 Å². The summed E-state index contributed by atoms with van der Waals surface area (Å²) in [4.78, 5) is 42.5. The van der Waals surface area contributed by atoms with E-state index in [2.05, 4.69) is 15.4 Å². The van der Waals surface area contributed by atoms with Gasteiger partial charge in [0, 0.05) is 18.0 Å². The third-order valence-electron chi connectivity index (χ3n) is 8.33. The van der Waals surface area contributed by atoms with E-state index >= 15 is 0 Å². The van der Waals surface area contributed by atoms with Crippen molar-refractivity contribution in [3.8, 4) is 5.75 Å². The highest BCUT2D eigenvalue weighted by Crippen LogP contribution is 2.30. The summed E-state index contributed by atoms with van der Waals surface area (Å²) in [6, 6.07) is 13.7. The average molecular weight is 687 g/mol. The van der Waals surface area contributed by atoms with E-state index in [9.17, 15) is 22.8 Å². The molecule has 0 spiro atoms. The molecule has 0 aliphatic rings. The lowest BCUT2D eigenvalue weighted by Gasteiger charge is -2.40. The molecule has 0 saturated heterocycles. The Morgan fingerprint density at radius 1 is 0.958 bits per heavy atom. The van der Waals surface area contributed by atoms with Crippen LogP contribution in [0.1, 0.15) is 66.5 Å². The molecule has 4 N–H and O–H groups in total. The second-order valence-corrected chi connectivity index (χ2v) is 15.8. The van der Waals surface area contributed by atoms with Crippen LogP contribution in [-0.2, 0) is 35.6 Å². The molecule has 0 saturated carbocycles. The summed E-state index contributed by atoms with van der Waals surface area (Å²) < 4.78 is 33.0. The standard InChI is InChI=1S/C36H54N4O7S/c1-24(2)29(22-25(3)32(42)39-48(45,46)23-26-14-12-11-13-15-26)40(10)34(44)31(35(4,5)6)38-33(43)30(37-9)36(7,8)27-16-18-28(19-17-27)47-21-20-41/h11-19,22,24,29-31,37,41H,20-21,23H2,1-10H3,(H,38,43)(H,39,42)/b25-22+/t29-,30-,31?/m1/s1. The van der Waals surface area contributed by atoms with Gasteiger partial charge < -0.3 is 25.4 Å². The molecular formula is C36H54N4O7S. The maximum absolute atomic E-state index is 14.1. The number of ether oxygens (including phenoxy) is 1. The van der Waals surface area contributed by atoms with Crippen molar-refractivity contribution in [1.82, 2.24) is 20.3 Å². The van der Waals surface area contributed by atoms with Gasteiger partial charge in [-0.3, -0.25) is 14.4 Å². The molecule has 3 amide bonds. The topological polar surface area (TPSA) is 154 Å². The Hall–Kier alpha value is -3.74. The number of likely N-dealkylation sites (N-methyl/N-ethyl adjacent to an activating group) is 2. The number of aliphatic hydroxyl groups is 1. The Balaban J connectivity index is 2.29. The number of benzene rings is 2. The van der Waals surface area contributed by atoms with Crippen LogP contribution in [0.5, 0.6) is 5.75 Å². The lowest BCUT2D eigenvalue weighted by atomic mass is 9.76. The molecule has 3 atom stereocenters. The summed E-state index contributed by atoms with van der Waals surface area (Å²) in [5, 5.41) is 15.2. The lowest BCUT2D eigenvalue weighted by Crippen LogP contribution is -2.61. The summed E-state index contributed by atoms with van der Waals surface area (Å²) in [5.74, 6) is -1.38. The molecule has 0 bridgehead atoms. The van der Waals surface area contributed by atoms with Gasteiger partial charge in [0.2, 0.25) is 21.8 Å². The largest absolute Gasteiger partial charge is 0.491 e. The molecule has 11 nitrogen and oxygen atoms in total. The minimum atomic E-state index is -3.96. The van der Waals surface area contributed by atoms with E-state index in [0.717, 1.165) is 5.56 Å². The second kappa shape index (κ2) is 17.1. The first-order valence-electron chi connectivity index (χ1n) is 16.1. The lowest BCUT2D eigenvalue weighted by molar-refractivity contribution is -0.140. The van der Waals surface area contributed by atoms with Crippen molar-refractivity contribution in [2.24, 2.45) is 11.3 Å². The number of amides is 3. The van der Waals surface area contributed by atoms with Gasteiger partial charge in [-0.05, 0) is 48.6 Å². The molecule has 2 aromatic rings. The van der Waals surface area contributed by atoms with E-state index in [1.165, 1.54) is 11.8 Å². The first-order chi connectivity index (χ1) is 22.2. The van der Waals surface area contributed by atoms with Crippen LogP contribution in [0.4, 0.5) is 0 Å². The van der Waals surface area contributed by atoms with Gasteiger partial charge in [0.25, 0.3) is 5.91 Å². The SMILES string of the molecule is CN[C@H](C(=O)NC(C(=O)N(C)[C@H](/C=C(\C)C(=O)NS(=O)(=O)Cc1ccccc1)C(C)C)C(C)(C)C)C(C)(C)c1ccc(OCCO)cc1. The Morgan fingerprint density at radius 3 is 2.04 bits per heavy atom. The van der Waals surface area contributed by atoms with E-state index in [4.69, 9.17) is 9.84 Å². The van der Waals surface area contributed by atoms with Crippen LogP contribution in [0.15, 0.2) is 66.2 Å². The van der Waals surface area contributed by atoms with Crippen LogP contribution in [0.3, 0.4) is 0 Å². The maximum Gasteiger partial charge on any atom is 0.260 e. The molecule has 2 aromatic carbocycles. The molecule has 0 aromatic heterocycles. The van der Waals surface area contributed by atoms with Gasteiger partial charge in [-0.2, -0.15) is 0 Å². The maximum atomic E-state index is 14.1. The summed E-state index contributed by atoms with van der Waals surface area (Å²) >= 11 is 0. The van der Waals surface area contributed by atoms with E-state index in [1.54, 1.807) is 62.6 Å². The molecule has 1 unspecified atom stereocenters. The van der Waals surface area contributed by atoms with E-state index < -0.39 is 44.9 Å². The zero-order valence-corrected chi connectivity index (χ0v) is 30.8. The van der Waals surface area contributed by atoms with Crippen molar-refractivity contribution < 1.29 is 32.6 Å². The van der Waals surface area contributed by atoms with Gasteiger partial charge in [0.05, 0.1) is 24.4 Å². The third kappa shape index (κ3) is 11.2. The fourth-order valence-electron chi connectivity index (χ4n) is 5.49. The minimum Gasteiger partial charge on any atom is -0.491 e. The third-order valence-corrected chi connectivity index (χ3v) is 9.54. The van der Waals surface area contributed by atoms with Crippen molar-refractivity contribution >= 4 is 27.7 Å². The molecular weight excluding hydrogens is 632 g/mol. The number of aliphatic hydroxyl groups excluding tert-OH is 1. The molecule has 0 heterocycles. The van der Waals surface area contributed by atoms with Crippen LogP contribution in [-0.4, -0.2) is 81.6 Å². The average Bonchev–Trinajstić information content (AvgIpc) is 3.00. The number of carbonyl (C=O) groups is 3. The van der Waals surface area contributed by atoms with E-state index in [-0.39, 0.29) is 42.3 Å². The van der Waals surface area contributed by atoms with Crippen molar-refractivity contribution in [3.63, 3.8) is 0 Å². The molecule has 266 valence electrons. The Kier molecular flexibility index (Phi) is 14.4. The second-order valence-electron chi connectivity index (χ2n) is 14.1. The summed E-state index contributed by atoms with van der Waals surface area (Å²) in [7, 11) is -0.647. The van der Waals surface area contributed by atoms with Gasteiger partial charge in [-0.25, -0.2) is 13.1 Å².